The van der Waals surface area contributed by atoms with Gasteiger partial charge in [-0.3, -0.25) is 13.9 Å². The predicted octanol–water partition coefficient (Wildman–Crippen LogP) is 2.68. The van der Waals surface area contributed by atoms with Crippen LogP contribution in [0.25, 0.3) is 0 Å². The van der Waals surface area contributed by atoms with Crippen molar-refractivity contribution in [1.82, 2.24) is 9.13 Å². The van der Waals surface area contributed by atoms with E-state index in [1.807, 2.05) is 38.1 Å². The average molecular weight is 272 g/mol. The van der Waals surface area contributed by atoms with Gasteiger partial charge in [-0.25, -0.2) is 4.79 Å². The molecule has 2 aromatic rings. The summed E-state index contributed by atoms with van der Waals surface area (Å²) in [4.78, 5) is 24.2. The molecule has 1 aromatic heterocycles. The number of aromatic nitrogens is 2. The summed E-state index contributed by atoms with van der Waals surface area (Å²) < 4.78 is 3.07. The number of aryl methyl sites for hydroxylation is 1. The van der Waals surface area contributed by atoms with Crippen LogP contribution in [0.15, 0.2) is 41.5 Å². The van der Waals surface area contributed by atoms with E-state index in [0.717, 1.165) is 6.42 Å². The predicted molar refractivity (Wildman–Crippen MR) is 79.2 cm³/mol. The lowest BCUT2D eigenvalue weighted by atomic mass is 10.1. The first-order valence-electron chi connectivity index (χ1n) is 6.92. The molecule has 0 aliphatic heterocycles. The molecular formula is C16H20N2O2. The van der Waals surface area contributed by atoms with Gasteiger partial charge in [0.05, 0.1) is 6.54 Å². The first-order chi connectivity index (χ1) is 9.52. The van der Waals surface area contributed by atoms with Crippen LogP contribution >= 0.6 is 0 Å². The van der Waals surface area contributed by atoms with Crippen LogP contribution in [0.2, 0.25) is 0 Å². The van der Waals surface area contributed by atoms with E-state index in [2.05, 4.69) is 6.92 Å². The first-order valence-corrected chi connectivity index (χ1v) is 6.92. The molecule has 0 aliphatic rings. The minimum absolute atomic E-state index is 0.0451. The van der Waals surface area contributed by atoms with Crippen LogP contribution in [0.5, 0.6) is 0 Å². The molecule has 2 rings (SSSR count). The molecule has 0 bridgehead atoms. The van der Waals surface area contributed by atoms with Crippen molar-refractivity contribution in [2.45, 2.75) is 39.8 Å². The van der Waals surface area contributed by atoms with E-state index < -0.39 is 0 Å². The lowest BCUT2D eigenvalue weighted by molar-refractivity contribution is 0.0970. The Morgan fingerprint density at radius 3 is 2.30 bits per heavy atom. The molecule has 4 heteroatoms. The van der Waals surface area contributed by atoms with Crippen LogP contribution in [-0.4, -0.2) is 14.9 Å². The fraction of sp³-hybridized carbons (Fsp3) is 0.375. The maximum atomic E-state index is 12.2. The quantitative estimate of drug-likeness (QED) is 0.785. The summed E-state index contributed by atoms with van der Waals surface area (Å²) in [6.07, 6.45) is 4.34. The van der Waals surface area contributed by atoms with Gasteiger partial charge >= 0.3 is 5.69 Å². The van der Waals surface area contributed by atoms with Gasteiger partial charge in [0.1, 0.15) is 0 Å². The van der Waals surface area contributed by atoms with Gasteiger partial charge in [0.25, 0.3) is 0 Å². The van der Waals surface area contributed by atoms with E-state index in [4.69, 9.17) is 0 Å². The van der Waals surface area contributed by atoms with E-state index >= 15 is 0 Å². The highest BCUT2D eigenvalue weighted by Crippen LogP contribution is 2.07. The van der Waals surface area contributed by atoms with Crippen molar-refractivity contribution >= 4 is 5.78 Å². The van der Waals surface area contributed by atoms with E-state index in [0.29, 0.717) is 5.56 Å². The molecule has 0 unspecified atom stereocenters. The average Bonchev–Trinajstić information content (AvgIpc) is 2.80. The summed E-state index contributed by atoms with van der Waals surface area (Å²) in [5.41, 5.74) is 1.70. The molecule has 106 valence electrons. The van der Waals surface area contributed by atoms with Gasteiger partial charge in [-0.05, 0) is 25.8 Å². The Hall–Kier alpha value is -2.10. The van der Waals surface area contributed by atoms with Gasteiger partial charge in [0, 0.05) is 24.0 Å². The summed E-state index contributed by atoms with van der Waals surface area (Å²) in [6, 6.07) is 7.66. The van der Waals surface area contributed by atoms with Crippen molar-refractivity contribution in [3.63, 3.8) is 0 Å². The van der Waals surface area contributed by atoms with Crippen molar-refractivity contribution in [1.29, 1.82) is 0 Å². The van der Waals surface area contributed by atoms with E-state index in [9.17, 15) is 9.59 Å². The Balaban J connectivity index is 2.17. The van der Waals surface area contributed by atoms with Gasteiger partial charge in [0.2, 0.25) is 0 Å². The molecule has 4 nitrogen and oxygen atoms in total. The molecule has 0 amide bonds. The first kappa shape index (κ1) is 14.3. The zero-order valence-corrected chi connectivity index (χ0v) is 12.2. The molecule has 0 fully saturated rings. The number of hydrogen-bond donors (Lipinski definition) is 0. The van der Waals surface area contributed by atoms with Crippen molar-refractivity contribution < 1.29 is 4.79 Å². The van der Waals surface area contributed by atoms with Crippen LogP contribution in [0.1, 0.15) is 42.7 Å². The fourth-order valence-corrected chi connectivity index (χ4v) is 2.11. The topological polar surface area (TPSA) is 44.0 Å². The number of ketones is 1. The van der Waals surface area contributed by atoms with Crippen LogP contribution < -0.4 is 5.69 Å². The minimum atomic E-state index is -0.140. The number of imidazole rings is 1. The SMILES string of the molecule is CCc1ccc(C(=O)Cn2ccn(C(C)C)c2=O)cc1. The molecule has 0 saturated heterocycles. The van der Waals surface area contributed by atoms with Gasteiger partial charge in [-0.1, -0.05) is 31.2 Å². The van der Waals surface area contributed by atoms with Crippen molar-refractivity contribution in [2.75, 3.05) is 0 Å². The number of hydrogen-bond acceptors (Lipinski definition) is 2. The highest BCUT2D eigenvalue weighted by Gasteiger charge is 2.11. The second-order valence-corrected chi connectivity index (χ2v) is 5.18. The summed E-state index contributed by atoms with van der Waals surface area (Å²) in [7, 11) is 0. The molecule has 0 saturated carbocycles. The molecule has 1 aromatic carbocycles. The normalized spacial score (nSPS) is 11.0. The Kier molecular flexibility index (Phi) is 4.23. The van der Waals surface area contributed by atoms with Crippen LogP contribution in [0, 0.1) is 0 Å². The standard InChI is InChI=1S/C16H20N2O2/c1-4-13-5-7-14(8-6-13)15(19)11-17-9-10-18(12(2)3)16(17)20/h5-10,12H,4,11H2,1-3H3. The third kappa shape index (κ3) is 2.90. The molecule has 0 aliphatic carbocycles. The third-order valence-electron chi connectivity index (χ3n) is 3.43. The Bertz CT molecular complexity index is 648. The van der Waals surface area contributed by atoms with Crippen LogP contribution in [0.3, 0.4) is 0 Å². The number of carbonyl (C=O) groups excluding carboxylic acids is 1. The summed E-state index contributed by atoms with van der Waals surface area (Å²) in [5.74, 6) is -0.0451. The molecule has 0 spiro atoms. The molecule has 0 N–H and O–H groups in total. The highest BCUT2D eigenvalue weighted by atomic mass is 16.2. The van der Waals surface area contributed by atoms with Gasteiger partial charge in [-0.2, -0.15) is 0 Å². The number of nitrogens with zero attached hydrogens (tertiary/aromatic N) is 2. The highest BCUT2D eigenvalue weighted by molar-refractivity contribution is 5.95. The van der Waals surface area contributed by atoms with Crippen molar-refractivity contribution in [2.24, 2.45) is 0 Å². The van der Waals surface area contributed by atoms with E-state index in [-0.39, 0.29) is 24.1 Å². The maximum Gasteiger partial charge on any atom is 0.328 e. The van der Waals surface area contributed by atoms with Gasteiger partial charge in [0.15, 0.2) is 5.78 Å². The van der Waals surface area contributed by atoms with Gasteiger partial charge < -0.3 is 0 Å². The lowest BCUT2D eigenvalue weighted by Gasteiger charge is -2.05. The molecule has 1 heterocycles. The molecule has 0 atom stereocenters. The minimum Gasteiger partial charge on any atom is -0.297 e. The Labute approximate surface area is 118 Å². The number of rotatable bonds is 5. The van der Waals surface area contributed by atoms with Gasteiger partial charge in [-0.15, -0.1) is 0 Å². The number of carbonyl (C=O) groups is 1. The van der Waals surface area contributed by atoms with E-state index in [1.54, 1.807) is 17.0 Å². The zero-order chi connectivity index (χ0) is 14.7. The lowest BCUT2D eigenvalue weighted by Crippen LogP contribution is -2.27. The third-order valence-corrected chi connectivity index (χ3v) is 3.43. The largest absolute Gasteiger partial charge is 0.328 e. The summed E-state index contributed by atoms with van der Waals surface area (Å²) >= 11 is 0. The Morgan fingerprint density at radius 1 is 1.15 bits per heavy atom. The summed E-state index contributed by atoms with van der Waals surface area (Å²) in [6.45, 7) is 6.04. The summed E-state index contributed by atoms with van der Waals surface area (Å²) in [5, 5.41) is 0. The van der Waals surface area contributed by atoms with Crippen LogP contribution in [0.4, 0.5) is 0 Å². The monoisotopic (exact) mass is 272 g/mol. The molecular weight excluding hydrogens is 252 g/mol. The zero-order valence-electron chi connectivity index (χ0n) is 12.2. The molecule has 20 heavy (non-hydrogen) atoms. The second kappa shape index (κ2) is 5.90. The van der Waals surface area contributed by atoms with Crippen molar-refractivity contribution in [3.05, 3.63) is 58.3 Å². The maximum absolute atomic E-state index is 12.2. The van der Waals surface area contributed by atoms with E-state index in [1.165, 1.54) is 10.1 Å². The number of Topliss-reactive ketones (excluding diaryl/α,β-unsaturated/α-hetero) is 1. The van der Waals surface area contributed by atoms with Crippen LogP contribution in [-0.2, 0) is 13.0 Å². The second-order valence-electron chi connectivity index (χ2n) is 5.18. The Morgan fingerprint density at radius 2 is 1.80 bits per heavy atom. The smallest absolute Gasteiger partial charge is 0.297 e. The fourth-order valence-electron chi connectivity index (χ4n) is 2.11. The molecule has 0 radical (unpaired) electrons. The van der Waals surface area contributed by atoms with Crippen molar-refractivity contribution in [3.8, 4) is 0 Å². The number of benzene rings is 1.